The molecule has 0 saturated heterocycles. The van der Waals surface area contributed by atoms with E-state index in [0.717, 1.165) is 20.9 Å². The maximum Gasteiger partial charge on any atom is 0.117 e. The lowest BCUT2D eigenvalue weighted by molar-refractivity contribution is 1.05. The van der Waals surface area contributed by atoms with Crippen LogP contribution in [-0.4, -0.2) is 5.84 Å². The van der Waals surface area contributed by atoms with Crippen molar-refractivity contribution in [3.8, 4) is 0 Å². The van der Waals surface area contributed by atoms with Gasteiger partial charge in [-0.2, -0.15) is 0 Å². The van der Waals surface area contributed by atoms with Crippen LogP contribution in [0.1, 0.15) is 20.3 Å². The summed E-state index contributed by atoms with van der Waals surface area (Å²) in [6, 6.07) is 0. The van der Waals surface area contributed by atoms with Crippen LogP contribution < -0.4 is 11.1 Å². The zero-order chi connectivity index (χ0) is 11.8. The van der Waals surface area contributed by atoms with Gasteiger partial charge in [0, 0.05) is 16.8 Å². The fraction of sp³-hybridized carbons (Fsp3) is 0.300. The van der Waals surface area contributed by atoms with Crippen LogP contribution >= 0.6 is 34.2 Å². The zero-order valence-corrected chi connectivity index (χ0v) is 11.7. The number of rotatable bonds is 5. The van der Waals surface area contributed by atoms with Crippen molar-refractivity contribution in [1.82, 2.24) is 5.32 Å². The smallest absolute Gasteiger partial charge is 0.117 e. The van der Waals surface area contributed by atoms with E-state index < -0.39 is 0 Å². The van der Waals surface area contributed by atoms with Gasteiger partial charge in [-0.05, 0) is 48.1 Å². The fourth-order valence-corrected chi connectivity index (χ4v) is 1.56. The monoisotopic (exact) mass is 339 g/mol. The SMILES string of the molecule is CC/C(Cl)=C\C=C(/C)N/C(I)=C\C(=N)N. The molecule has 0 saturated carbocycles. The van der Waals surface area contributed by atoms with Gasteiger partial charge in [0.05, 0.1) is 3.70 Å². The predicted octanol–water partition coefficient (Wildman–Crippen LogP) is 3.22. The van der Waals surface area contributed by atoms with E-state index in [-0.39, 0.29) is 5.84 Å². The molecule has 0 spiro atoms. The van der Waals surface area contributed by atoms with Gasteiger partial charge in [-0.1, -0.05) is 18.5 Å². The van der Waals surface area contributed by atoms with Crippen LogP contribution in [0.3, 0.4) is 0 Å². The number of hydrogen-bond donors (Lipinski definition) is 3. The number of nitrogens with one attached hydrogen (secondary N) is 2. The Labute approximate surface area is 109 Å². The van der Waals surface area contributed by atoms with Gasteiger partial charge in [-0.25, -0.2) is 0 Å². The molecule has 0 heterocycles. The Balaban J connectivity index is 4.37. The molecule has 84 valence electrons. The first kappa shape index (κ1) is 14.5. The summed E-state index contributed by atoms with van der Waals surface area (Å²) in [5.41, 5.74) is 6.17. The number of nitrogens with two attached hydrogens (primary N) is 1. The minimum Gasteiger partial charge on any atom is -0.384 e. The second-order valence-corrected chi connectivity index (χ2v) is 4.54. The lowest BCUT2D eigenvalue weighted by atomic mass is 10.3. The molecule has 0 rings (SSSR count). The zero-order valence-electron chi connectivity index (χ0n) is 8.77. The molecule has 0 amide bonds. The summed E-state index contributed by atoms with van der Waals surface area (Å²) in [7, 11) is 0. The van der Waals surface area contributed by atoms with Crippen LogP contribution in [0.4, 0.5) is 0 Å². The third-order valence-corrected chi connectivity index (χ3v) is 2.43. The Kier molecular flexibility index (Phi) is 7.50. The topological polar surface area (TPSA) is 61.9 Å². The molecule has 0 unspecified atom stereocenters. The molecule has 0 radical (unpaired) electrons. The summed E-state index contributed by atoms with van der Waals surface area (Å²) < 4.78 is 0.801. The van der Waals surface area contributed by atoms with Crippen LogP contribution in [0.15, 0.2) is 32.7 Å². The highest BCUT2D eigenvalue weighted by Gasteiger charge is 1.92. The normalized spacial score (nSPS) is 14.0. The molecule has 0 atom stereocenters. The van der Waals surface area contributed by atoms with Crippen LogP contribution in [0.25, 0.3) is 0 Å². The maximum absolute atomic E-state index is 7.07. The van der Waals surface area contributed by atoms with E-state index in [4.69, 9.17) is 22.7 Å². The first-order valence-corrected chi connectivity index (χ1v) is 5.92. The van der Waals surface area contributed by atoms with Crippen molar-refractivity contribution in [2.45, 2.75) is 20.3 Å². The standard InChI is InChI=1S/C10H15ClIN3/c1-3-8(11)5-4-7(2)15-9(12)6-10(13)14/h4-6,15H,3H2,1-2H3,(H3,13,14)/b7-4+,8-5+,9-6-. The summed E-state index contributed by atoms with van der Waals surface area (Å²) in [6.07, 6.45) is 6.11. The molecule has 0 aliphatic rings. The second-order valence-electron chi connectivity index (χ2n) is 2.89. The Morgan fingerprint density at radius 1 is 1.53 bits per heavy atom. The molecule has 3 nitrogen and oxygen atoms in total. The van der Waals surface area contributed by atoms with Gasteiger partial charge < -0.3 is 11.1 Å². The first-order valence-electron chi connectivity index (χ1n) is 4.47. The third-order valence-electron chi connectivity index (χ3n) is 1.45. The summed E-state index contributed by atoms with van der Waals surface area (Å²) in [5.74, 6) is 0.0295. The largest absolute Gasteiger partial charge is 0.384 e. The molecular formula is C10H15ClIN3. The average molecular weight is 340 g/mol. The third kappa shape index (κ3) is 8.50. The van der Waals surface area contributed by atoms with Crippen LogP contribution in [0.5, 0.6) is 0 Å². The summed E-state index contributed by atoms with van der Waals surface area (Å²) in [6.45, 7) is 3.91. The van der Waals surface area contributed by atoms with Crippen molar-refractivity contribution in [3.05, 3.63) is 32.7 Å². The first-order chi connectivity index (χ1) is 6.95. The molecule has 0 aromatic rings. The van der Waals surface area contributed by atoms with E-state index in [1.807, 2.05) is 26.0 Å². The summed E-state index contributed by atoms with van der Waals surface area (Å²) in [5, 5.41) is 11.0. The van der Waals surface area contributed by atoms with E-state index in [1.165, 1.54) is 0 Å². The number of allylic oxidation sites excluding steroid dienone is 4. The Bertz CT molecular complexity index is 319. The molecule has 15 heavy (non-hydrogen) atoms. The van der Waals surface area contributed by atoms with Gasteiger partial charge >= 0.3 is 0 Å². The quantitative estimate of drug-likeness (QED) is 0.237. The van der Waals surface area contributed by atoms with Crippen LogP contribution in [0, 0.1) is 5.41 Å². The van der Waals surface area contributed by atoms with Crippen molar-refractivity contribution in [2.24, 2.45) is 5.73 Å². The second kappa shape index (κ2) is 7.76. The lowest BCUT2D eigenvalue weighted by Gasteiger charge is -2.03. The molecule has 0 aliphatic heterocycles. The Morgan fingerprint density at radius 3 is 2.60 bits per heavy atom. The van der Waals surface area contributed by atoms with Crippen LogP contribution in [0.2, 0.25) is 0 Å². The van der Waals surface area contributed by atoms with E-state index in [9.17, 15) is 0 Å². The van der Waals surface area contributed by atoms with E-state index in [2.05, 4.69) is 27.9 Å². The summed E-state index contributed by atoms with van der Waals surface area (Å²) >= 11 is 7.92. The minimum absolute atomic E-state index is 0.0295. The van der Waals surface area contributed by atoms with Gasteiger partial charge in [0.25, 0.3) is 0 Å². The molecule has 0 aliphatic carbocycles. The Hall–Kier alpha value is -0.490. The highest BCUT2D eigenvalue weighted by Crippen LogP contribution is 2.08. The molecule has 5 heteroatoms. The van der Waals surface area contributed by atoms with Crippen molar-refractivity contribution in [2.75, 3.05) is 0 Å². The number of halogens is 2. The van der Waals surface area contributed by atoms with Gasteiger partial charge in [-0.15, -0.1) is 0 Å². The van der Waals surface area contributed by atoms with Gasteiger partial charge in [0.1, 0.15) is 5.84 Å². The number of amidine groups is 1. The Morgan fingerprint density at radius 2 is 2.13 bits per heavy atom. The van der Waals surface area contributed by atoms with Gasteiger partial charge in [-0.3, -0.25) is 5.41 Å². The number of hydrogen-bond acceptors (Lipinski definition) is 2. The molecule has 4 N–H and O–H groups in total. The highest BCUT2D eigenvalue weighted by molar-refractivity contribution is 14.1. The molecule has 0 bridgehead atoms. The maximum atomic E-state index is 7.07. The van der Waals surface area contributed by atoms with Crippen molar-refractivity contribution >= 4 is 40.0 Å². The van der Waals surface area contributed by atoms with Crippen molar-refractivity contribution in [3.63, 3.8) is 0 Å². The molecule has 0 aromatic heterocycles. The highest BCUT2D eigenvalue weighted by atomic mass is 127. The van der Waals surface area contributed by atoms with Gasteiger partial charge in [0.2, 0.25) is 0 Å². The van der Waals surface area contributed by atoms with Crippen molar-refractivity contribution in [1.29, 1.82) is 5.41 Å². The summed E-state index contributed by atoms with van der Waals surface area (Å²) in [4.78, 5) is 0. The van der Waals surface area contributed by atoms with Crippen molar-refractivity contribution < 1.29 is 0 Å². The molecule has 0 aromatic carbocycles. The average Bonchev–Trinajstić information content (AvgIpc) is 2.12. The minimum atomic E-state index is 0.0295. The predicted molar refractivity (Wildman–Crippen MR) is 75.1 cm³/mol. The molecular weight excluding hydrogens is 324 g/mol. The van der Waals surface area contributed by atoms with E-state index >= 15 is 0 Å². The van der Waals surface area contributed by atoms with E-state index in [1.54, 1.807) is 6.08 Å². The van der Waals surface area contributed by atoms with Gasteiger partial charge in [0.15, 0.2) is 0 Å². The fourth-order valence-electron chi connectivity index (χ4n) is 0.736. The molecule has 0 fully saturated rings. The van der Waals surface area contributed by atoms with Crippen LogP contribution in [-0.2, 0) is 0 Å². The lowest BCUT2D eigenvalue weighted by Crippen LogP contribution is -2.11. The van der Waals surface area contributed by atoms with E-state index in [0.29, 0.717) is 0 Å².